The molecule has 0 aliphatic carbocycles. The van der Waals surface area contributed by atoms with Gasteiger partial charge in [-0.15, -0.1) is 10.2 Å². The number of amides is 1. The van der Waals surface area contributed by atoms with E-state index in [0.29, 0.717) is 0 Å². The van der Waals surface area contributed by atoms with Gasteiger partial charge in [-0.1, -0.05) is 20.8 Å². The van der Waals surface area contributed by atoms with Crippen molar-refractivity contribution in [2.45, 2.75) is 30.8 Å². The molecule has 0 atom stereocenters. The Morgan fingerprint density at radius 3 is 2.40 bits per heavy atom. The van der Waals surface area contributed by atoms with Crippen molar-refractivity contribution in [1.82, 2.24) is 14.8 Å². The number of benzene rings is 1. The SMILES string of the molecule is Cn1cnnc1Sc1ccc(NC(=O)C(C)(C)C)cc1. The third-order valence-electron chi connectivity index (χ3n) is 2.67. The Morgan fingerprint density at radius 1 is 1.25 bits per heavy atom. The zero-order chi connectivity index (χ0) is 14.8. The quantitative estimate of drug-likeness (QED) is 0.944. The van der Waals surface area contributed by atoms with Crippen LogP contribution in [0.15, 0.2) is 40.6 Å². The lowest BCUT2D eigenvalue weighted by Gasteiger charge is -2.17. The van der Waals surface area contributed by atoms with Gasteiger partial charge in [0.1, 0.15) is 6.33 Å². The minimum absolute atomic E-state index is 0.00574. The van der Waals surface area contributed by atoms with E-state index < -0.39 is 5.41 Å². The molecule has 0 aliphatic heterocycles. The summed E-state index contributed by atoms with van der Waals surface area (Å²) in [5.41, 5.74) is 0.402. The standard InChI is InChI=1S/C14H18N4OS/c1-14(2,3)12(19)16-10-5-7-11(8-6-10)20-13-17-15-9-18(13)4/h5-9H,1-4H3,(H,16,19). The highest BCUT2D eigenvalue weighted by molar-refractivity contribution is 7.99. The van der Waals surface area contributed by atoms with Crippen molar-refractivity contribution >= 4 is 23.4 Å². The minimum atomic E-state index is -0.397. The van der Waals surface area contributed by atoms with Gasteiger partial charge in [0.25, 0.3) is 0 Å². The number of nitrogens with one attached hydrogen (secondary N) is 1. The van der Waals surface area contributed by atoms with E-state index in [4.69, 9.17) is 0 Å². The van der Waals surface area contributed by atoms with Gasteiger partial charge in [-0.25, -0.2) is 0 Å². The Kier molecular flexibility index (Phi) is 4.13. The van der Waals surface area contributed by atoms with E-state index in [9.17, 15) is 4.79 Å². The molecule has 1 aromatic carbocycles. The smallest absolute Gasteiger partial charge is 0.229 e. The molecule has 2 rings (SSSR count). The molecule has 0 saturated heterocycles. The maximum absolute atomic E-state index is 11.9. The molecule has 20 heavy (non-hydrogen) atoms. The van der Waals surface area contributed by atoms with E-state index in [1.54, 1.807) is 6.33 Å². The Hall–Kier alpha value is -1.82. The third-order valence-corrected chi connectivity index (χ3v) is 3.73. The number of nitrogens with zero attached hydrogens (tertiary/aromatic N) is 3. The molecule has 0 saturated carbocycles. The summed E-state index contributed by atoms with van der Waals surface area (Å²) in [5, 5.41) is 11.6. The van der Waals surface area contributed by atoms with Crippen LogP contribution in [0.2, 0.25) is 0 Å². The van der Waals surface area contributed by atoms with Gasteiger partial charge in [-0.2, -0.15) is 0 Å². The van der Waals surface area contributed by atoms with E-state index in [-0.39, 0.29) is 5.91 Å². The van der Waals surface area contributed by atoms with E-state index in [1.807, 2.05) is 56.7 Å². The largest absolute Gasteiger partial charge is 0.326 e. The number of aromatic nitrogens is 3. The van der Waals surface area contributed by atoms with Crippen molar-refractivity contribution in [3.63, 3.8) is 0 Å². The summed E-state index contributed by atoms with van der Waals surface area (Å²) in [6, 6.07) is 7.69. The van der Waals surface area contributed by atoms with Crippen LogP contribution in [0.5, 0.6) is 0 Å². The fraction of sp³-hybridized carbons (Fsp3) is 0.357. The molecule has 1 aromatic heterocycles. The maximum Gasteiger partial charge on any atom is 0.229 e. The van der Waals surface area contributed by atoms with Crippen LogP contribution in [0.3, 0.4) is 0 Å². The van der Waals surface area contributed by atoms with Crippen molar-refractivity contribution in [2.24, 2.45) is 12.5 Å². The lowest BCUT2D eigenvalue weighted by molar-refractivity contribution is -0.123. The van der Waals surface area contributed by atoms with E-state index in [0.717, 1.165) is 15.7 Å². The van der Waals surface area contributed by atoms with Crippen LogP contribution in [0.1, 0.15) is 20.8 Å². The first-order chi connectivity index (χ1) is 9.36. The van der Waals surface area contributed by atoms with Gasteiger partial charge < -0.3 is 9.88 Å². The second kappa shape index (κ2) is 5.66. The Balaban J connectivity index is 2.04. The third kappa shape index (κ3) is 3.60. The summed E-state index contributed by atoms with van der Waals surface area (Å²) >= 11 is 1.53. The predicted octanol–water partition coefficient (Wildman–Crippen LogP) is 2.95. The number of carbonyl (C=O) groups excluding carboxylic acids is 1. The summed E-state index contributed by atoms with van der Waals surface area (Å²) in [6.07, 6.45) is 1.67. The summed E-state index contributed by atoms with van der Waals surface area (Å²) in [4.78, 5) is 12.9. The molecule has 0 spiro atoms. The topological polar surface area (TPSA) is 59.8 Å². The fourth-order valence-corrected chi connectivity index (χ4v) is 2.16. The second-order valence-electron chi connectivity index (χ2n) is 5.55. The first-order valence-corrected chi connectivity index (χ1v) is 7.11. The van der Waals surface area contributed by atoms with Gasteiger partial charge in [0.2, 0.25) is 5.91 Å². The van der Waals surface area contributed by atoms with Gasteiger partial charge in [0.05, 0.1) is 0 Å². The lowest BCUT2D eigenvalue weighted by atomic mass is 9.95. The number of carbonyl (C=O) groups is 1. The zero-order valence-corrected chi connectivity index (χ0v) is 12.9. The molecule has 1 heterocycles. The highest BCUT2D eigenvalue weighted by Crippen LogP contribution is 2.26. The van der Waals surface area contributed by atoms with Crippen molar-refractivity contribution in [3.8, 4) is 0 Å². The van der Waals surface area contributed by atoms with Gasteiger partial charge in [0, 0.05) is 23.0 Å². The van der Waals surface area contributed by atoms with E-state index >= 15 is 0 Å². The van der Waals surface area contributed by atoms with Gasteiger partial charge >= 0.3 is 0 Å². The zero-order valence-electron chi connectivity index (χ0n) is 12.0. The van der Waals surface area contributed by atoms with Crippen molar-refractivity contribution in [3.05, 3.63) is 30.6 Å². The number of anilines is 1. The van der Waals surface area contributed by atoms with Crippen molar-refractivity contribution in [1.29, 1.82) is 0 Å². The molecule has 5 nitrogen and oxygen atoms in total. The maximum atomic E-state index is 11.9. The number of rotatable bonds is 3. The summed E-state index contributed by atoms with van der Waals surface area (Å²) in [6.45, 7) is 5.67. The first kappa shape index (κ1) is 14.6. The van der Waals surface area contributed by atoms with Gasteiger partial charge in [-0.05, 0) is 36.0 Å². The molecule has 0 unspecified atom stereocenters. The highest BCUT2D eigenvalue weighted by Gasteiger charge is 2.20. The van der Waals surface area contributed by atoms with E-state index in [2.05, 4.69) is 15.5 Å². The summed E-state index contributed by atoms with van der Waals surface area (Å²) < 4.78 is 1.86. The monoisotopic (exact) mass is 290 g/mol. The number of hydrogen-bond donors (Lipinski definition) is 1. The molecule has 0 bridgehead atoms. The van der Waals surface area contributed by atoms with Crippen LogP contribution in [-0.2, 0) is 11.8 Å². The number of aryl methyl sites for hydroxylation is 1. The molecule has 0 aliphatic rings. The van der Waals surface area contributed by atoms with Crippen LogP contribution in [0.4, 0.5) is 5.69 Å². The molecule has 2 aromatic rings. The average Bonchev–Trinajstić information content (AvgIpc) is 2.76. The van der Waals surface area contributed by atoms with Crippen LogP contribution in [-0.4, -0.2) is 20.7 Å². The normalized spacial score (nSPS) is 11.4. The summed E-state index contributed by atoms with van der Waals surface area (Å²) in [5.74, 6) is 0.00574. The Morgan fingerprint density at radius 2 is 1.90 bits per heavy atom. The molecule has 106 valence electrons. The van der Waals surface area contributed by atoms with Crippen molar-refractivity contribution < 1.29 is 4.79 Å². The molecule has 6 heteroatoms. The molecule has 0 radical (unpaired) electrons. The lowest BCUT2D eigenvalue weighted by Crippen LogP contribution is -2.27. The minimum Gasteiger partial charge on any atom is -0.326 e. The number of hydrogen-bond acceptors (Lipinski definition) is 4. The van der Waals surface area contributed by atoms with Crippen LogP contribution in [0, 0.1) is 5.41 Å². The fourth-order valence-electron chi connectivity index (χ4n) is 1.40. The Labute approximate surface area is 122 Å². The summed E-state index contributed by atoms with van der Waals surface area (Å²) in [7, 11) is 1.90. The molecule has 1 N–H and O–H groups in total. The van der Waals surface area contributed by atoms with Crippen molar-refractivity contribution in [2.75, 3.05) is 5.32 Å². The molecule has 0 fully saturated rings. The van der Waals surface area contributed by atoms with E-state index in [1.165, 1.54) is 11.8 Å². The predicted molar refractivity (Wildman–Crippen MR) is 79.7 cm³/mol. The van der Waals surface area contributed by atoms with Crippen LogP contribution >= 0.6 is 11.8 Å². The van der Waals surface area contributed by atoms with Gasteiger partial charge in [-0.3, -0.25) is 4.79 Å². The first-order valence-electron chi connectivity index (χ1n) is 6.29. The average molecular weight is 290 g/mol. The van der Waals surface area contributed by atoms with Crippen LogP contribution < -0.4 is 5.32 Å². The second-order valence-corrected chi connectivity index (χ2v) is 6.60. The highest BCUT2D eigenvalue weighted by atomic mass is 32.2. The van der Waals surface area contributed by atoms with Gasteiger partial charge in [0.15, 0.2) is 5.16 Å². The molecular weight excluding hydrogens is 272 g/mol. The Bertz CT molecular complexity index is 598. The van der Waals surface area contributed by atoms with Crippen LogP contribution in [0.25, 0.3) is 0 Å². The molecular formula is C14H18N4OS. The molecule has 1 amide bonds.